The average Bonchev–Trinajstić information content (AvgIpc) is 2.46. The van der Waals surface area contributed by atoms with Gasteiger partial charge in [0, 0.05) is 24.0 Å². The van der Waals surface area contributed by atoms with Gasteiger partial charge < -0.3 is 10.2 Å². The fourth-order valence-corrected chi connectivity index (χ4v) is 2.01. The van der Waals surface area contributed by atoms with Crippen molar-refractivity contribution >= 4 is 17.5 Å². The zero-order valence-electron chi connectivity index (χ0n) is 12.7. The highest BCUT2D eigenvalue weighted by atomic mass is 35.5. The van der Waals surface area contributed by atoms with Crippen molar-refractivity contribution in [2.45, 2.75) is 38.6 Å². The Morgan fingerprint density at radius 2 is 2.10 bits per heavy atom. The third kappa shape index (κ3) is 5.93. The van der Waals surface area contributed by atoms with Crippen LogP contribution in [0.15, 0.2) is 24.3 Å². The van der Waals surface area contributed by atoms with Gasteiger partial charge in [-0.3, -0.25) is 4.79 Å². The Morgan fingerprint density at radius 3 is 2.75 bits per heavy atom. The molecule has 0 aromatic heterocycles. The second-order valence-corrected chi connectivity index (χ2v) is 5.64. The predicted molar refractivity (Wildman–Crippen MR) is 85.3 cm³/mol. The third-order valence-corrected chi connectivity index (χ3v) is 3.76. The predicted octanol–water partition coefficient (Wildman–Crippen LogP) is 3.28. The summed E-state index contributed by atoms with van der Waals surface area (Å²) < 4.78 is 0. The van der Waals surface area contributed by atoms with Crippen LogP contribution in [-0.2, 0) is 5.88 Å². The molecule has 0 saturated carbocycles. The Balaban J connectivity index is 2.26. The molecule has 4 heteroatoms. The average molecular weight is 297 g/mol. The quantitative estimate of drug-likeness (QED) is 0.590. The number of nitrogens with zero attached hydrogens (tertiary/aromatic N) is 1. The molecule has 0 saturated heterocycles. The Kier molecular flexibility index (Phi) is 7.63. The van der Waals surface area contributed by atoms with Crippen LogP contribution < -0.4 is 5.32 Å². The Morgan fingerprint density at radius 1 is 1.35 bits per heavy atom. The molecule has 0 bridgehead atoms. The van der Waals surface area contributed by atoms with Crippen molar-refractivity contribution in [1.29, 1.82) is 0 Å². The largest absolute Gasteiger partial charge is 0.352 e. The van der Waals surface area contributed by atoms with E-state index in [9.17, 15) is 4.79 Å². The molecule has 0 radical (unpaired) electrons. The van der Waals surface area contributed by atoms with E-state index in [1.165, 1.54) is 0 Å². The fraction of sp³-hybridized carbons (Fsp3) is 0.562. The van der Waals surface area contributed by atoms with Gasteiger partial charge in [0.05, 0.1) is 0 Å². The maximum absolute atomic E-state index is 12.0. The van der Waals surface area contributed by atoms with E-state index in [2.05, 4.69) is 31.1 Å². The van der Waals surface area contributed by atoms with E-state index in [4.69, 9.17) is 11.6 Å². The molecule has 0 aliphatic rings. The van der Waals surface area contributed by atoms with Crippen LogP contribution in [0.25, 0.3) is 0 Å². The number of hydrogen-bond donors (Lipinski definition) is 1. The second-order valence-electron chi connectivity index (χ2n) is 5.37. The van der Waals surface area contributed by atoms with Crippen LogP contribution in [0.1, 0.15) is 42.6 Å². The summed E-state index contributed by atoms with van der Waals surface area (Å²) in [5.74, 6) is 0.414. The molecule has 1 aromatic rings. The van der Waals surface area contributed by atoms with Gasteiger partial charge in [-0.05, 0) is 58.0 Å². The molecule has 0 fully saturated rings. The van der Waals surface area contributed by atoms with Crippen LogP contribution >= 0.6 is 11.6 Å². The van der Waals surface area contributed by atoms with Gasteiger partial charge in [-0.2, -0.15) is 0 Å². The van der Waals surface area contributed by atoms with Crippen molar-refractivity contribution in [2.75, 3.05) is 20.1 Å². The number of benzene rings is 1. The number of nitrogens with one attached hydrogen (secondary N) is 1. The summed E-state index contributed by atoms with van der Waals surface area (Å²) in [6.07, 6.45) is 2.09. The number of carbonyl (C=O) groups excluding carboxylic acids is 1. The highest BCUT2D eigenvalue weighted by Crippen LogP contribution is 2.07. The minimum atomic E-state index is -0.0193. The van der Waals surface area contributed by atoms with Gasteiger partial charge in [0.1, 0.15) is 0 Å². The summed E-state index contributed by atoms with van der Waals surface area (Å²) in [5.41, 5.74) is 1.65. The van der Waals surface area contributed by atoms with E-state index in [0.29, 0.717) is 17.5 Å². The first-order valence-electron chi connectivity index (χ1n) is 7.18. The van der Waals surface area contributed by atoms with Gasteiger partial charge in [0.2, 0.25) is 0 Å². The number of halogens is 1. The van der Waals surface area contributed by atoms with Crippen molar-refractivity contribution in [2.24, 2.45) is 0 Å². The van der Waals surface area contributed by atoms with E-state index in [1.807, 2.05) is 24.3 Å². The first kappa shape index (κ1) is 17.0. The summed E-state index contributed by atoms with van der Waals surface area (Å²) in [6.45, 7) is 6.16. The number of hydrogen-bond acceptors (Lipinski definition) is 2. The van der Waals surface area contributed by atoms with Crippen molar-refractivity contribution in [3.63, 3.8) is 0 Å². The third-order valence-electron chi connectivity index (χ3n) is 3.45. The van der Waals surface area contributed by atoms with Crippen molar-refractivity contribution in [1.82, 2.24) is 10.2 Å². The van der Waals surface area contributed by atoms with Crippen LogP contribution in [0.5, 0.6) is 0 Å². The molecule has 20 heavy (non-hydrogen) atoms. The molecule has 1 amide bonds. The van der Waals surface area contributed by atoms with E-state index in [0.717, 1.165) is 31.5 Å². The molecule has 0 heterocycles. The lowest BCUT2D eigenvalue weighted by Crippen LogP contribution is -2.29. The van der Waals surface area contributed by atoms with Gasteiger partial charge in [0.15, 0.2) is 0 Å². The lowest BCUT2D eigenvalue weighted by Gasteiger charge is -2.20. The Hall–Kier alpha value is -1.06. The van der Waals surface area contributed by atoms with E-state index in [-0.39, 0.29) is 5.91 Å². The van der Waals surface area contributed by atoms with Gasteiger partial charge in [-0.25, -0.2) is 0 Å². The molecule has 1 aromatic carbocycles. The highest BCUT2D eigenvalue weighted by molar-refractivity contribution is 6.17. The maximum atomic E-state index is 12.0. The molecule has 1 N–H and O–H groups in total. The van der Waals surface area contributed by atoms with Gasteiger partial charge in [-0.15, -0.1) is 11.6 Å². The molecular weight excluding hydrogens is 272 g/mol. The molecular formula is C16H25ClN2O. The van der Waals surface area contributed by atoms with Crippen molar-refractivity contribution in [3.8, 4) is 0 Å². The molecule has 1 rings (SSSR count). The normalized spacial score (nSPS) is 11.1. The van der Waals surface area contributed by atoms with Crippen LogP contribution in [0, 0.1) is 0 Å². The van der Waals surface area contributed by atoms with Gasteiger partial charge in [-0.1, -0.05) is 12.1 Å². The van der Waals surface area contributed by atoms with Gasteiger partial charge >= 0.3 is 0 Å². The molecule has 0 spiro atoms. The number of rotatable bonds is 8. The highest BCUT2D eigenvalue weighted by Gasteiger charge is 2.06. The zero-order chi connectivity index (χ0) is 15.0. The molecule has 0 atom stereocenters. The first-order valence-corrected chi connectivity index (χ1v) is 7.71. The van der Waals surface area contributed by atoms with E-state index < -0.39 is 0 Å². The summed E-state index contributed by atoms with van der Waals surface area (Å²) in [7, 11) is 2.13. The summed E-state index contributed by atoms with van der Waals surface area (Å²) in [5, 5.41) is 2.95. The molecule has 0 unspecified atom stereocenters. The maximum Gasteiger partial charge on any atom is 0.251 e. The Bertz CT molecular complexity index is 421. The fourth-order valence-electron chi connectivity index (χ4n) is 1.84. The lowest BCUT2D eigenvalue weighted by molar-refractivity contribution is 0.0952. The topological polar surface area (TPSA) is 32.3 Å². The molecule has 112 valence electrons. The molecule has 0 aliphatic carbocycles. The van der Waals surface area contributed by atoms with E-state index >= 15 is 0 Å². The minimum absolute atomic E-state index is 0.0193. The minimum Gasteiger partial charge on any atom is -0.352 e. The molecule has 0 aliphatic heterocycles. The standard InChI is InChI=1S/C16H25ClN2O/c1-13(2)19(3)10-5-4-9-18-16(20)15-8-6-7-14(11-15)12-17/h6-8,11,13H,4-5,9-10,12H2,1-3H3,(H,18,20). The monoisotopic (exact) mass is 296 g/mol. The van der Waals surface area contributed by atoms with Crippen LogP contribution in [0.4, 0.5) is 0 Å². The molecule has 3 nitrogen and oxygen atoms in total. The smallest absolute Gasteiger partial charge is 0.251 e. The van der Waals surface area contributed by atoms with Crippen molar-refractivity contribution in [3.05, 3.63) is 35.4 Å². The van der Waals surface area contributed by atoms with Crippen molar-refractivity contribution < 1.29 is 4.79 Å². The Labute approximate surface area is 127 Å². The van der Waals surface area contributed by atoms with Crippen LogP contribution in [-0.4, -0.2) is 37.0 Å². The van der Waals surface area contributed by atoms with Gasteiger partial charge in [0.25, 0.3) is 5.91 Å². The summed E-state index contributed by atoms with van der Waals surface area (Å²) in [4.78, 5) is 14.3. The van der Waals surface area contributed by atoms with Crippen LogP contribution in [0.3, 0.4) is 0 Å². The number of alkyl halides is 1. The lowest BCUT2D eigenvalue weighted by atomic mass is 10.1. The number of carbonyl (C=O) groups is 1. The number of amides is 1. The summed E-state index contributed by atoms with van der Waals surface area (Å²) >= 11 is 5.77. The summed E-state index contributed by atoms with van der Waals surface area (Å²) in [6, 6.07) is 8.02. The second kappa shape index (κ2) is 8.98. The zero-order valence-corrected chi connectivity index (χ0v) is 13.4. The van der Waals surface area contributed by atoms with Crippen LogP contribution in [0.2, 0.25) is 0 Å². The first-order chi connectivity index (χ1) is 9.54. The number of unbranched alkanes of at least 4 members (excludes halogenated alkanes) is 1. The van der Waals surface area contributed by atoms with E-state index in [1.54, 1.807) is 0 Å². The SMILES string of the molecule is CC(C)N(C)CCCCNC(=O)c1cccc(CCl)c1.